The highest BCUT2D eigenvalue weighted by molar-refractivity contribution is 5.79. The number of piperidine rings is 2. The van der Waals surface area contributed by atoms with Crippen molar-refractivity contribution in [2.45, 2.75) is 39.2 Å². The van der Waals surface area contributed by atoms with Crippen LogP contribution in [0.2, 0.25) is 0 Å². The number of aromatic nitrogens is 2. The molecule has 0 radical (unpaired) electrons. The molecule has 0 bridgehead atoms. The van der Waals surface area contributed by atoms with E-state index in [0.717, 1.165) is 75.6 Å². The molecule has 166 valence electrons. The van der Waals surface area contributed by atoms with Gasteiger partial charge in [0, 0.05) is 38.1 Å². The fraction of sp³-hybridized carbons (Fsp3) is 0.542. The summed E-state index contributed by atoms with van der Waals surface area (Å²) in [6.07, 6.45) is 5.79. The standard InChI is InChI=1S/C24H32FN5O/c1-18-7-10-26-24(28-18)30-11-3-5-21(17-30)23(31)27-15-19-8-12-29(13-9-19)16-20-4-2-6-22(25)14-20/h2,4,6-7,10,14,19,21H,3,5,8-9,11-13,15-17H2,1H3,(H,27,31). The van der Waals surface area contributed by atoms with Crippen LogP contribution in [0, 0.1) is 24.6 Å². The van der Waals surface area contributed by atoms with E-state index in [4.69, 9.17) is 0 Å². The first-order valence-electron chi connectivity index (χ1n) is 11.4. The normalized spacial score (nSPS) is 20.6. The fourth-order valence-corrected chi connectivity index (χ4v) is 4.59. The highest BCUT2D eigenvalue weighted by Crippen LogP contribution is 2.22. The summed E-state index contributed by atoms with van der Waals surface area (Å²) in [4.78, 5) is 26.2. The average Bonchev–Trinajstić information content (AvgIpc) is 2.78. The minimum Gasteiger partial charge on any atom is -0.356 e. The molecule has 1 N–H and O–H groups in total. The van der Waals surface area contributed by atoms with Gasteiger partial charge < -0.3 is 10.2 Å². The smallest absolute Gasteiger partial charge is 0.225 e. The van der Waals surface area contributed by atoms with Crippen LogP contribution in [-0.4, -0.2) is 53.5 Å². The molecule has 1 atom stereocenters. The van der Waals surface area contributed by atoms with E-state index in [0.29, 0.717) is 12.5 Å². The number of nitrogens with one attached hydrogen (secondary N) is 1. The molecule has 1 aromatic carbocycles. The molecular weight excluding hydrogens is 393 g/mol. The first-order chi connectivity index (χ1) is 15.1. The SMILES string of the molecule is Cc1ccnc(N2CCCC(C(=O)NCC3CCN(Cc4cccc(F)c4)CC3)C2)n1. The van der Waals surface area contributed by atoms with Crippen molar-refractivity contribution < 1.29 is 9.18 Å². The van der Waals surface area contributed by atoms with Gasteiger partial charge in [-0.2, -0.15) is 0 Å². The zero-order valence-corrected chi connectivity index (χ0v) is 18.3. The van der Waals surface area contributed by atoms with Crippen LogP contribution in [0.15, 0.2) is 36.5 Å². The lowest BCUT2D eigenvalue weighted by molar-refractivity contribution is -0.125. The Morgan fingerprint density at radius 1 is 1.19 bits per heavy atom. The molecule has 0 saturated carbocycles. The lowest BCUT2D eigenvalue weighted by Crippen LogP contribution is -2.45. The van der Waals surface area contributed by atoms with Crippen molar-refractivity contribution >= 4 is 11.9 Å². The van der Waals surface area contributed by atoms with Crippen LogP contribution >= 0.6 is 0 Å². The highest BCUT2D eigenvalue weighted by atomic mass is 19.1. The molecule has 2 aliphatic heterocycles. The number of benzene rings is 1. The lowest BCUT2D eigenvalue weighted by atomic mass is 9.94. The van der Waals surface area contributed by atoms with Crippen molar-refractivity contribution in [1.29, 1.82) is 0 Å². The van der Waals surface area contributed by atoms with Crippen molar-refractivity contribution in [2.75, 3.05) is 37.6 Å². The average molecular weight is 426 g/mol. The Bertz CT molecular complexity index is 884. The maximum atomic E-state index is 13.4. The summed E-state index contributed by atoms with van der Waals surface area (Å²) in [7, 11) is 0. The molecule has 2 saturated heterocycles. The van der Waals surface area contributed by atoms with Crippen molar-refractivity contribution in [2.24, 2.45) is 11.8 Å². The van der Waals surface area contributed by atoms with E-state index in [1.54, 1.807) is 18.3 Å². The lowest BCUT2D eigenvalue weighted by Gasteiger charge is -2.34. The van der Waals surface area contributed by atoms with Gasteiger partial charge >= 0.3 is 0 Å². The summed E-state index contributed by atoms with van der Waals surface area (Å²) < 4.78 is 13.4. The number of rotatable bonds is 6. The summed E-state index contributed by atoms with van der Waals surface area (Å²) in [5.74, 6) is 1.20. The van der Waals surface area contributed by atoms with Crippen LogP contribution in [0.5, 0.6) is 0 Å². The van der Waals surface area contributed by atoms with E-state index in [-0.39, 0.29) is 17.6 Å². The van der Waals surface area contributed by atoms with Gasteiger partial charge in [0.05, 0.1) is 5.92 Å². The van der Waals surface area contributed by atoms with Crippen LogP contribution in [0.3, 0.4) is 0 Å². The van der Waals surface area contributed by atoms with Crippen LogP contribution in [0.1, 0.15) is 36.9 Å². The second-order valence-corrected chi connectivity index (χ2v) is 8.88. The molecule has 1 aromatic heterocycles. The second-order valence-electron chi connectivity index (χ2n) is 8.88. The first-order valence-corrected chi connectivity index (χ1v) is 11.4. The number of halogens is 1. The third-order valence-electron chi connectivity index (χ3n) is 6.42. The summed E-state index contributed by atoms with van der Waals surface area (Å²) in [6.45, 7) is 7.04. The van der Waals surface area contributed by atoms with Gasteiger partial charge in [-0.25, -0.2) is 14.4 Å². The summed E-state index contributed by atoms with van der Waals surface area (Å²) in [5.41, 5.74) is 1.96. The first kappa shape index (κ1) is 21.7. The number of likely N-dealkylation sites (tertiary alicyclic amines) is 1. The van der Waals surface area contributed by atoms with Crippen LogP contribution in [0.25, 0.3) is 0 Å². The minimum atomic E-state index is -0.176. The molecule has 1 amide bonds. The van der Waals surface area contributed by atoms with Crippen LogP contribution in [0.4, 0.5) is 10.3 Å². The van der Waals surface area contributed by atoms with Gasteiger partial charge in [0.15, 0.2) is 0 Å². The molecule has 2 fully saturated rings. The number of carbonyl (C=O) groups is 1. The largest absolute Gasteiger partial charge is 0.356 e. The molecule has 7 heteroatoms. The quantitative estimate of drug-likeness (QED) is 0.770. The zero-order chi connectivity index (χ0) is 21.6. The van der Waals surface area contributed by atoms with Crippen molar-refractivity contribution in [3.8, 4) is 0 Å². The van der Waals surface area contributed by atoms with Gasteiger partial charge in [0.25, 0.3) is 0 Å². The molecule has 3 heterocycles. The van der Waals surface area contributed by atoms with Crippen molar-refractivity contribution in [3.05, 3.63) is 53.6 Å². The van der Waals surface area contributed by atoms with E-state index in [2.05, 4.69) is 25.1 Å². The Morgan fingerprint density at radius 3 is 2.81 bits per heavy atom. The van der Waals surface area contributed by atoms with E-state index in [9.17, 15) is 9.18 Å². The Hall–Kier alpha value is -2.54. The van der Waals surface area contributed by atoms with E-state index in [1.807, 2.05) is 19.1 Å². The van der Waals surface area contributed by atoms with Gasteiger partial charge in [0.1, 0.15) is 5.82 Å². The minimum absolute atomic E-state index is 0.00840. The Morgan fingerprint density at radius 2 is 2.03 bits per heavy atom. The van der Waals surface area contributed by atoms with E-state index in [1.165, 1.54) is 6.07 Å². The molecule has 2 aliphatic rings. The molecule has 0 spiro atoms. The number of anilines is 1. The summed E-state index contributed by atoms with van der Waals surface area (Å²) >= 11 is 0. The monoisotopic (exact) mass is 425 g/mol. The molecule has 6 nitrogen and oxygen atoms in total. The summed E-state index contributed by atoms with van der Waals surface area (Å²) in [5, 5.41) is 3.20. The number of amides is 1. The Labute approximate surface area is 183 Å². The van der Waals surface area contributed by atoms with Crippen molar-refractivity contribution in [1.82, 2.24) is 20.2 Å². The fourth-order valence-electron chi connectivity index (χ4n) is 4.59. The predicted molar refractivity (Wildman–Crippen MR) is 119 cm³/mol. The third-order valence-corrected chi connectivity index (χ3v) is 6.42. The van der Waals surface area contributed by atoms with Crippen molar-refractivity contribution in [3.63, 3.8) is 0 Å². The van der Waals surface area contributed by atoms with E-state index < -0.39 is 0 Å². The number of aryl methyl sites for hydroxylation is 1. The van der Waals surface area contributed by atoms with Gasteiger partial charge in [-0.1, -0.05) is 12.1 Å². The number of nitrogens with zero attached hydrogens (tertiary/aromatic N) is 4. The third kappa shape index (κ3) is 6.00. The molecule has 31 heavy (non-hydrogen) atoms. The van der Waals surface area contributed by atoms with Gasteiger partial charge in [-0.3, -0.25) is 9.69 Å². The molecular formula is C24H32FN5O. The zero-order valence-electron chi connectivity index (χ0n) is 18.3. The molecule has 1 unspecified atom stereocenters. The van der Waals surface area contributed by atoms with Crippen LogP contribution < -0.4 is 10.2 Å². The maximum absolute atomic E-state index is 13.4. The number of hydrogen-bond donors (Lipinski definition) is 1. The Balaban J connectivity index is 1.20. The topological polar surface area (TPSA) is 61.4 Å². The number of carbonyl (C=O) groups excluding carboxylic acids is 1. The molecule has 2 aromatic rings. The summed E-state index contributed by atoms with van der Waals surface area (Å²) in [6, 6.07) is 8.73. The van der Waals surface area contributed by atoms with Crippen LogP contribution in [-0.2, 0) is 11.3 Å². The maximum Gasteiger partial charge on any atom is 0.225 e. The second kappa shape index (κ2) is 10.2. The molecule has 4 rings (SSSR count). The van der Waals surface area contributed by atoms with E-state index >= 15 is 0 Å². The van der Waals surface area contributed by atoms with Gasteiger partial charge in [0.2, 0.25) is 11.9 Å². The molecule has 0 aliphatic carbocycles. The number of hydrogen-bond acceptors (Lipinski definition) is 5. The van der Waals surface area contributed by atoms with Gasteiger partial charge in [-0.05, 0) is 75.4 Å². The predicted octanol–water partition coefficient (Wildman–Crippen LogP) is 3.17. The Kier molecular flexibility index (Phi) is 7.12. The highest BCUT2D eigenvalue weighted by Gasteiger charge is 2.28. The van der Waals surface area contributed by atoms with Gasteiger partial charge in [-0.15, -0.1) is 0 Å².